The molecular formula is C22H20N4. The molecule has 4 heteroatoms. The van der Waals surface area contributed by atoms with Crippen molar-refractivity contribution in [2.24, 2.45) is 11.5 Å². The lowest BCUT2D eigenvalue weighted by Crippen LogP contribution is -2.11. The molecule has 4 nitrogen and oxygen atoms in total. The average Bonchev–Trinajstić information content (AvgIpc) is 2.67. The summed E-state index contributed by atoms with van der Waals surface area (Å²) in [5.41, 5.74) is 16.6. The average molecular weight is 340 g/mol. The second-order valence-corrected chi connectivity index (χ2v) is 5.96. The van der Waals surface area contributed by atoms with Crippen LogP contribution in [0.15, 0.2) is 78.9 Å². The Morgan fingerprint density at radius 3 is 1.54 bits per heavy atom. The molecule has 0 radical (unpaired) electrons. The molecule has 0 aliphatic carbocycles. The van der Waals surface area contributed by atoms with Gasteiger partial charge in [-0.15, -0.1) is 0 Å². The molecule has 0 unspecified atom stereocenters. The summed E-state index contributed by atoms with van der Waals surface area (Å²) in [6.07, 6.45) is 2.08. The Balaban J connectivity index is 2.19. The number of nitrogens with two attached hydrogens (primary N) is 2. The monoisotopic (exact) mass is 340 g/mol. The SMILES string of the molecule is N=C(N)c1cccc(C(=Cc2ccccc2)c2cccc(C(=N)N)c2)c1. The van der Waals surface area contributed by atoms with E-state index in [1.165, 1.54) is 0 Å². The molecule has 0 saturated heterocycles. The van der Waals surface area contributed by atoms with Crippen LogP contribution in [0.5, 0.6) is 0 Å². The van der Waals surface area contributed by atoms with E-state index in [-0.39, 0.29) is 11.7 Å². The molecule has 3 rings (SSSR count). The summed E-state index contributed by atoms with van der Waals surface area (Å²) in [6.45, 7) is 0. The molecule has 26 heavy (non-hydrogen) atoms. The van der Waals surface area contributed by atoms with E-state index in [4.69, 9.17) is 22.3 Å². The molecule has 3 aromatic carbocycles. The summed E-state index contributed by atoms with van der Waals surface area (Å²) in [7, 11) is 0. The van der Waals surface area contributed by atoms with Crippen molar-refractivity contribution < 1.29 is 0 Å². The third-order valence-electron chi connectivity index (χ3n) is 4.08. The van der Waals surface area contributed by atoms with Crippen molar-refractivity contribution in [3.8, 4) is 0 Å². The van der Waals surface area contributed by atoms with Gasteiger partial charge in [0.25, 0.3) is 0 Å². The van der Waals surface area contributed by atoms with E-state index in [1.807, 2.05) is 78.9 Å². The van der Waals surface area contributed by atoms with Crippen molar-refractivity contribution in [3.05, 3.63) is 107 Å². The maximum atomic E-state index is 7.70. The normalized spacial score (nSPS) is 10.2. The zero-order valence-corrected chi connectivity index (χ0v) is 14.2. The molecule has 0 atom stereocenters. The number of benzene rings is 3. The molecule has 3 aromatic rings. The van der Waals surface area contributed by atoms with Crippen LogP contribution in [0.1, 0.15) is 27.8 Å². The smallest absolute Gasteiger partial charge is 0.122 e. The van der Waals surface area contributed by atoms with E-state index >= 15 is 0 Å². The Kier molecular flexibility index (Phi) is 4.94. The predicted octanol–water partition coefficient (Wildman–Crippen LogP) is 3.84. The van der Waals surface area contributed by atoms with Crippen molar-refractivity contribution in [2.45, 2.75) is 0 Å². The van der Waals surface area contributed by atoms with Gasteiger partial charge in [0.1, 0.15) is 11.7 Å². The van der Waals surface area contributed by atoms with Gasteiger partial charge >= 0.3 is 0 Å². The van der Waals surface area contributed by atoms with Gasteiger partial charge in [0.2, 0.25) is 0 Å². The molecule has 6 N–H and O–H groups in total. The summed E-state index contributed by atoms with van der Waals surface area (Å²) in [4.78, 5) is 0. The zero-order chi connectivity index (χ0) is 18.5. The molecule has 0 amide bonds. The lowest BCUT2D eigenvalue weighted by atomic mass is 9.93. The minimum atomic E-state index is 0.0309. The molecule has 0 bridgehead atoms. The second kappa shape index (κ2) is 7.49. The molecule has 0 spiro atoms. The molecular weight excluding hydrogens is 320 g/mol. The van der Waals surface area contributed by atoms with Gasteiger partial charge < -0.3 is 11.5 Å². The first-order valence-electron chi connectivity index (χ1n) is 8.21. The van der Waals surface area contributed by atoms with Crippen LogP contribution in [0, 0.1) is 10.8 Å². The highest BCUT2D eigenvalue weighted by Crippen LogP contribution is 2.27. The van der Waals surface area contributed by atoms with E-state index < -0.39 is 0 Å². The third-order valence-corrected chi connectivity index (χ3v) is 4.08. The highest BCUT2D eigenvalue weighted by molar-refractivity contribution is 6.00. The molecule has 0 fully saturated rings. The van der Waals surface area contributed by atoms with Crippen molar-refractivity contribution >= 4 is 23.3 Å². The Hall–Kier alpha value is -3.66. The summed E-state index contributed by atoms with van der Waals surface area (Å²) >= 11 is 0. The van der Waals surface area contributed by atoms with Crippen LogP contribution >= 0.6 is 0 Å². The first-order valence-corrected chi connectivity index (χ1v) is 8.21. The Bertz CT molecular complexity index is 928. The highest BCUT2D eigenvalue weighted by Gasteiger charge is 2.09. The standard InChI is InChI=1S/C22H20N4/c23-21(24)18-10-4-8-16(13-18)20(12-15-6-2-1-3-7-15)17-9-5-11-19(14-17)22(25)26/h1-14H,(H3,23,24)(H3,25,26). The summed E-state index contributed by atoms with van der Waals surface area (Å²) < 4.78 is 0. The van der Waals surface area contributed by atoms with Gasteiger partial charge in [-0.2, -0.15) is 0 Å². The predicted molar refractivity (Wildman–Crippen MR) is 108 cm³/mol. The summed E-state index contributed by atoms with van der Waals surface area (Å²) in [5, 5.41) is 15.4. The van der Waals surface area contributed by atoms with Crippen molar-refractivity contribution in [2.75, 3.05) is 0 Å². The highest BCUT2D eigenvalue weighted by atomic mass is 14.7. The maximum absolute atomic E-state index is 7.70. The molecule has 0 aliphatic heterocycles. The van der Waals surface area contributed by atoms with Gasteiger partial charge in [0, 0.05) is 11.1 Å². The van der Waals surface area contributed by atoms with E-state index in [2.05, 4.69) is 6.08 Å². The number of nitrogen functional groups attached to an aromatic ring is 2. The number of rotatable bonds is 5. The number of nitrogens with one attached hydrogen (secondary N) is 2. The van der Waals surface area contributed by atoms with Crippen LogP contribution in [-0.2, 0) is 0 Å². The summed E-state index contributed by atoms with van der Waals surface area (Å²) in [6, 6.07) is 25.2. The Morgan fingerprint density at radius 2 is 1.08 bits per heavy atom. The van der Waals surface area contributed by atoms with E-state index in [0.717, 1.165) is 22.3 Å². The number of hydrogen-bond donors (Lipinski definition) is 4. The van der Waals surface area contributed by atoms with Gasteiger partial charge in [0.05, 0.1) is 0 Å². The van der Waals surface area contributed by atoms with Crippen LogP contribution in [0.4, 0.5) is 0 Å². The lowest BCUT2D eigenvalue weighted by Gasteiger charge is -2.12. The van der Waals surface area contributed by atoms with Crippen molar-refractivity contribution in [1.29, 1.82) is 10.8 Å². The molecule has 0 aromatic heterocycles. The Labute approximate surface area is 152 Å². The molecule has 128 valence electrons. The quantitative estimate of drug-likeness (QED) is 0.322. The lowest BCUT2D eigenvalue weighted by molar-refractivity contribution is 1.41. The fourth-order valence-corrected chi connectivity index (χ4v) is 2.76. The largest absolute Gasteiger partial charge is 0.384 e. The Morgan fingerprint density at radius 1 is 0.615 bits per heavy atom. The topological polar surface area (TPSA) is 99.7 Å². The fraction of sp³-hybridized carbons (Fsp3) is 0. The van der Waals surface area contributed by atoms with Crippen LogP contribution in [0.25, 0.3) is 11.6 Å². The van der Waals surface area contributed by atoms with Crippen LogP contribution in [-0.4, -0.2) is 11.7 Å². The van der Waals surface area contributed by atoms with E-state index in [9.17, 15) is 0 Å². The van der Waals surface area contributed by atoms with Crippen LogP contribution in [0.3, 0.4) is 0 Å². The zero-order valence-electron chi connectivity index (χ0n) is 14.2. The van der Waals surface area contributed by atoms with Crippen molar-refractivity contribution in [3.63, 3.8) is 0 Å². The van der Waals surface area contributed by atoms with E-state index in [1.54, 1.807) is 0 Å². The van der Waals surface area contributed by atoms with Gasteiger partial charge in [-0.25, -0.2) is 0 Å². The minimum Gasteiger partial charge on any atom is -0.384 e. The molecule has 0 heterocycles. The summed E-state index contributed by atoms with van der Waals surface area (Å²) in [5.74, 6) is 0.0618. The van der Waals surface area contributed by atoms with Gasteiger partial charge in [-0.3, -0.25) is 10.8 Å². The first-order chi connectivity index (χ1) is 12.5. The van der Waals surface area contributed by atoms with Gasteiger partial charge in [-0.05, 0) is 40.5 Å². The maximum Gasteiger partial charge on any atom is 0.122 e. The molecule has 0 aliphatic rings. The van der Waals surface area contributed by atoms with Gasteiger partial charge in [0.15, 0.2) is 0 Å². The van der Waals surface area contributed by atoms with Crippen LogP contribution in [0.2, 0.25) is 0 Å². The van der Waals surface area contributed by atoms with Crippen LogP contribution < -0.4 is 11.5 Å². The minimum absolute atomic E-state index is 0.0309. The number of amidine groups is 2. The van der Waals surface area contributed by atoms with E-state index in [0.29, 0.717) is 11.1 Å². The van der Waals surface area contributed by atoms with Crippen molar-refractivity contribution in [1.82, 2.24) is 0 Å². The molecule has 0 saturated carbocycles. The first kappa shape index (κ1) is 17.2. The fourth-order valence-electron chi connectivity index (χ4n) is 2.76. The van der Waals surface area contributed by atoms with Gasteiger partial charge in [-0.1, -0.05) is 66.7 Å². The number of hydrogen-bond acceptors (Lipinski definition) is 2. The third kappa shape index (κ3) is 3.87. The second-order valence-electron chi connectivity index (χ2n) is 5.96.